The molecular formula is C47H36N4O. The van der Waals surface area contributed by atoms with Crippen LogP contribution >= 0.6 is 0 Å². The molecule has 1 aliphatic rings. The second-order valence-corrected chi connectivity index (χ2v) is 14.3. The minimum atomic E-state index is -0.235. The molecule has 0 radical (unpaired) electrons. The highest BCUT2D eigenvalue weighted by Gasteiger charge is 2.40. The third-order valence-electron chi connectivity index (χ3n) is 10.9. The van der Waals surface area contributed by atoms with E-state index in [1.807, 2.05) is 42.6 Å². The number of pyridine rings is 1. The SMILES string of the molecule is Cn1c(-c2cccc(Oc3cccc(-n4c5ccc6c(c5c5cccnc54)C(C)(C)c4ccccc4C6c4ccccc4)c3)c2)nc2ccccc21. The van der Waals surface area contributed by atoms with Crippen molar-refractivity contribution < 1.29 is 4.74 Å². The zero-order chi connectivity index (χ0) is 35.0. The quantitative estimate of drug-likeness (QED) is 0.183. The lowest BCUT2D eigenvalue weighted by molar-refractivity contribution is 0.482. The van der Waals surface area contributed by atoms with Crippen molar-refractivity contribution in [1.29, 1.82) is 0 Å². The monoisotopic (exact) mass is 672 g/mol. The van der Waals surface area contributed by atoms with E-state index in [4.69, 9.17) is 14.7 Å². The van der Waals surface area contributed by atoms with Crippen LogP contribution in [0.2, 0.25) is 0 Å². The standard InChI is InChI=1S/C47H36N4O/c1-47(2)38-22-8-7-20-35(38)42(30-14-5-4-6-15-30)36-25-26-41-43(44(36)47)37-21-13-27-48-46(37)51(41)32-17-12-19-34(29-32)52-33-18-11-16-31(28-33)45-49-39-23-9-10-24-40(39)50(45)3/h4-29,42H,1-3H3. The molecule has 250 valence electrons. The second-order valence-electron chi connectivity index (χ2n) is 14.3. The van der Waals surface area contributed by atoms with Gasteiger partial charge in [-0.05, 0) is 82.4 Å². The van der Waals surface area contributed by atoms with E-state index in [9.17, 15) is 0 Å². The number of nitrogens with zero attached hydrogens (tertiary/aromatic N) is 4. The molecule has 6 aromatic carbocycles. The Balaban J connectivity index is 1.11. The Morgan fingerprint density at radius 1 is 0.654 bits per heavy atom. The molecule has 0 aliphatic heterocycles. The highest BCUT2D eigenvalue weighted by molar-refractivity contribution is 6.11. The van der Waals surface area contributed by atoms with Gasteiger partial charge in [-0.15, -0.1) is 0 Å². The number of aryl methyl sites for hydroxylation is 1. The number of ether oxygens (including phenoxy) is 1. The minimum absolute atomic E-state index is 0.136. The number of para-hydroxylation sites is 2. The van der Waals surface area contributed by atoms with Crippen molar-refractivity contribution in [3.8, 4) is 28.6 Å². The van der Waals surface area contributed by atoms with E-state index in [-0.39, 0.29) is 11.3 Å². The maximum absolute atomic E-state index is 6.57. The van der Waals surface area contributed by atoms with Crippen LogP contribution in [0.1, 0.15) is 47.6 Å². The van der Waals surface area contributed by atoms with Gasteiger partial charge in [0.2, 0.25) is 0 Å². The largest absolute Gasteiger partial charge is 0.457 e. The molecular weight excluding hydrogens is 637 g/mol. The van der Waals surface area contributed by atoms with E-state index in [0.717, 1.165) is 56.2 Å². The Hall–Kier alpha value is -6.46. The van der Waals surface area contributed by atoms with Gasteiger partial charge in [0.1, 0.15) is 23.0 Å². The summed E-state index contributed by atoms with van der Waals surface area (Å²) in [7, 11) is 2.06. The highest BCUT2D eigenvalue weighted by atomic mass is 16.5. The van der Waals surface area contributed by atoms with Gasteiger partial charge in [0.25, 0.3) is 0 Å². The lowest BCUT2D eigenvalue weighted by Gasteiger charge is -2.40. The van der Waals surface area contributed by atoms with Crippen LogP contribution in [0.5, 0.6) is 11.5 Å². The summed E-state index contributed by atoms with van der Waals surface area (Å²) in [5.41, 5.74) is 12.7. The summed E-state index contributed by atoms with van der Waals surface area (Å²) < 4.78 is 11.0. The first kappa shape index (κ1) is 30.4. The summed E-state index contributed by atoms with van der Waals surface area (Å²) >= 11 is 0. The first-order chi connectivity index (χ1) is 25.5. The van der Waals surface area contributed by atoms with Crippen LogP contribution in [-0.4, -0.2) is 19.1 Å². The molecule has 10 rings (SSSR count). The Bertz CT molecular complexity index is 2830. The number of benzene rings is 6. The molecule has 0 N–H and O–H groups in total. The lowest BCUT2D eigenvalue weighted by Crippen LogP contribution is -2.30. The molecule has 0 amide bonds. The molecule has 0 saturated heterocycles. The highest BCUT2D eigenvalue weighted by Crippen LogP contribution is 2.53. The predicted molar refractivity (Wildman–Crippen MR) is 211 cm³/mol. The number of fused-ring (bicyclic) bond motifs is 7. The third-order valence-corrected chi connectivity index (χ3v) is 10.9. The first-order valence-corrected chi connectivity index (χ1v) is 17.8. The summed E-state index contributed by atoms with van der Waals surface area (Å²) in [4.78, 5) is 9.92. The van der Waals surface area contributed by atoms with Gasteiger partial charge in [-0.25, -0.2) is 9.97 Å². The zero-order valence-corrected chi connectivity index (χ0v) is 29.3. The van der Waals surface area contributed by atoms with E-state index in [1.54, 1.807) is 0 Å². The average Bonchev–Trinajstić information content (AvgIpc) is 3.70. The predicted octanol–water partition coefficient (Wildman–Crippen LogP) is 11.3. The van der Waals surface area contributed by atoms with E-state index in [0.29, 0.717) is 0 Å². The molecule has 9 aromatic rings. The van der Waals surface area contributed by atoms with Crippen LogP contribution in [-0.2, 0) is 12.5 Å². The second kappa shape index (κ2) is 11.5. The van der Waals surface area contributed by atoms with Crippen LogP contribution in [0.3, 0.4) is 0 Å². The van der Waals surface area contributed by atoms with Gasteiger partial charge >= 0.3 is 0 Å². The maximum Gasteiger partial charge on any atom is 0.145 e. The lowest BCUT2D eigenvalue weighted by atomic mass is 9.63. The molecule has 1 unspecified atom stereocenters. The first-order valence-electron chi connectivity index (χ1n) is 17.8. The number of imidazole rings is 1. The molecule has 3 aromatic heterocycles. The summed E-state index contributed by atoms with van der Waals surface area (Å²) in [5, 5.41) is 2.40. The molecule has 0 fully saturated rings. The third kappa shape index (κ3) is 4.55. The van der Waals surface area contributed by atoms with Gasteiger partial charge in [-0.3, -0.25) is 4.57 Å². The molecule has 1 aliphatic carbocycles. The van der Waals surface area contributed by atoms with Gasteiger partial charge in [-0.1, -0.05) is 105 Å². The molecule has 3 heterocycles. The molecule has 0 bridgehead atoms. The zero-order valence-electron chi connectivity index (χ0n) is 29.3. The number of rotatable bonds is 5. The molecule has 0 saturated carbocycles. The Morgan fingerprint density at radius 2 is 1.42 bits per heavy atom. The molecule has 52 heavy (non-hydrogen) atoms. The Morgan fingerprint density at radius 3 is 2.29 bits per heavy atom. The van der Waals surface area contributed by atoms with Gasteiger partial charge < -0.3 is 9.30 Å². The van der Waals surface area contributed by atoms with Crippen LogP contribution < -0.4 is 4.74 Å². The van der Waals surface area contributed by atoms with Crippen LogP contribution in [0.15, 0.2) is 158 Å². The topological polar surface area (TPSA) is 44.9 Å². The fourth-order valence-corrected chi connectivity index (χ4v) is 8.68. The van der Waals surface area contributed by atoms with Crippen LogP contribution in [0.25, 0.3) is 50.0 Å². The number of aromatic nitrogens is 4. The molecule has 0 spiro atoms. The number of hydrogen-bond acceptors (Lipinski definition) is 3. The van der Waals surface area contributed by atoms with Crippen molar-refractivity contribution in [2.75, 3.05) is 0 Å². The van der Waals surface area contributed by atoms with E-state index in [1.165, 1.54) is 33.2 Å². The van der Waals surface area contributed by atoms with Crippen LogP contribution in [0, 0.1) is 0 Å². The van der Waals surface area contributed by atoms with E-state index >= 15 is 0 Å². The molecule has 5 nitrogen and oxygen atoms in total. The normalized spacial score (nSPS) is 14.8. The van der Waals surface area contributed by atoms with Crippen molar-refractivity contribution >= 4 is 33.0 Å². The van der Waals surface area contributed by atoms with Crippen molar-refractivity contribution in [2.45, 2.75) is 25.2 Å². The average molecular weight is 673 g/mol. The molecule has 5 heteroatoms. The Kier molecular flexibility index (Phi) is 6.74. The summed E-state index contributed by atoms with van der Waals surface area (Å²) in [6.45, 7) is 4.75. The molecule has 1 atom stereocenters. The summed E-state index contributed by atoms with van der Waals surface area (Å²) in [6.07, 6.45) is 1.89. The van der Waals surface area contributed by atoms with Crippen molar-refractivity contribution in [1.82, 2.24) is 19.1 Å². The van der Waals surface area contributed by atoms with E-state index < -0.39 is 0 Å². The van der Waals surface area contributed by atoms with Gasteiger partial charge in [0, 0.05) is 47.0 Å². The summed E-state index contributed by atoms with van der Waals surface area (Å²) in [6, 6.07) is 53.5. The fourth-order valence-electron chi connectivity index (χ4n) is 8.68. The maximum atomic E-state index is 6.57. The minimum Gasteiger partial charge on any atom is -0.457 e. The van der Waals surface area contributed by atoms with Gasteiger partial charge in [-0.2, -0.15) is 0 Å². The van der Waals surface area contributed by atoms with Crippen LogP contribution in [0.4, 0.5) is 0 Å². The van der Waals surface area contributed by atoms with E-state index in [2.05, 4.69) is 145 Å². The number of hydrogen-bond donors (Lipinski definition) is 0. The van der Waals surface area contributed by atoms with Crippen molar-refractivity contribution in [3.63, 3.8) is 0 Å². The van der Waals surface area contributed by atoms with Crippen molar-refractivity contribution in [3.05, 3.63) is 186 Å². The van der Waals surface area contributed by atoms with Gasteiger partial charge in [0.15, 0.2) is 0 Å². The van der Waals surface area contributed by atoms with Crippen molar-refractivity contribution in [2.24, 2.45) is 7.05 Å². The fraction of sp³-hybridized carbons (Fsp3) is 0.106. The van der Waals surface area contributed by atoms with Gasteiger partial charge in [0.05, 0.1) is 22.2 Å². The summed E-state index contributed by atoms with van der Waals surface area (Å²) in [5.74, 6) is 2.54. The Labute approximate surface area is 302 Å². The smallest absolute Gasteiger partial charge is 0.145 e.